The summed E-state index contributed by atoms with van der Waals surface area (Å²) in [6.07, 6.45) is 10.3. The number of imide groups is 1. The van der Waals surface area contributed by atoms with Crippen LogP contribution in [0.15, 0.2) is 0 Å². The monoisotopic (exact) mass is 349 g/mol. The molecule has 0 bridgehead atoms. The van der Waals surface area contributed by atoms with E-state index in [0.29, 0.717) is 25.4 Å². The number of carbonyl (C=O) groups is 3. The van der Waals surface area contributed by atoms with E-state index in [-0.39, 0.29) is 17.8 Å². The quantitative estimate of drug-likeness (QED) is 0.750. The molecular formula is C19H31N3O3. The second-order valence-electron chi connectivity index (χ2n) is 7.75. The topological polar surface area (TPSA) is 69.7 Å². The normalized spacial score (nSPS) is 23.3. The Balaban J connectivity index is 1.49. The van der Waals surface area contributed by atoms with Crippen molar-refractivity contribution < 1.29 is 14.4 Å². The van der Waals surface area contributed by atoms with E-state index in [1.54, 1.807) is 0 Å². The lowest BCUT2D eigenvalue weighted by Gasteiger charge is -2.33. The van der Waals surface area contributed by atoms with Gasteiger partial charge in [0.05, 0.1) is 0 Å². The van der Waals surface area contributed by atoms with E-state index in [0.717, 1.165) is 45.1 Å². The lowest BCUT2D eigenvalue weighted by Crippen LogP contribution is -2.44. The van der Waals surface area contributed by atoms with Gasteiger partial charge in [0.15, 0.2) is 0 Å². The fraction of sp³-hybridized carbons (Fsp3) is 0.842. The van der Waals surface area contributed by atoms with E-state index in [1.807, 2.05) is 11.8 Å². The van der Waals surface area contributed by atoms with Crippen LogP contribution in [-0.2, 0) is 9.59 Å². The van der Waals surface area contributed by atoms with Gasteiger partial charge in [0.2, 0.25) is 5.91 Å². The lowest BCUT2D eigenvalue weighted by atomic mass is 9.94. The Bertz CT molecular complexity index is 522. The molecule has 3 aliphatic rings. The van der Waals surface area contributed by atoms with Crippen LogP contribution in [0.2, 0.25) is 0 Å². The number of hydrogen-bond acceptors (Lipinski definition) is 3. The molecular weight excluding hydrogens is 318 g/mol. The van der Waals surface area contributed by atoms with Crippen LogP contribution in [0.25, 0.3) is 0 Å². The predicted molar refractivity (Wildman–Crippen MR) is 94.9 cm³/mol. The molecule has 3 fully saturated rings. The molecule has 0 aromatic rings. The Kier molecular flexibility index (Phi) is 5.64. The minimum atomic E-state index is -0.640. The van der Waals surface area contributed by atoms with Crippen LogP contribution in [0.5, 0.6) is 0 Å². The summed E-state index contributed by atoms with van der Waals surface area (Å²) in [6.45, 7) is 3.13. The van der Waals surface area contributed by atoms with Crippen molar-refractivity contribution in [1.82, 2.24) is 15.1 Å². The highest BCUT2D eigenvalue weighted by molar-refractivity contribution is 6.07. The van der Waals surface area contributed by atoms with Crippen molar-refractivity contribution in [3.8, 4) is 0 Å². The first-order chi connectivity index (χ1) is 12.1. The maximum absolute atomic E-state index is 12.6. The standard InChI is InChI=1S/C19H31N3O3/c1-2-21(15-9-4-3-5-10-15)16(23)11-8-14-22-17(24)19(20-18(22)25)12-6-7-13-19/h15H,2-14H2,1H3,(H,20,25). The van der Waals surface area contributed by atoms with Gasteiger partial charge in [-0.2, -0.15) is 0 Å². The highest BCUT2D eigenvalue weighted by Crippen LogP contribution is 2.35. The van der Waals surface area contributed by atoms with Gasteiger partial charge >= 0.3 is 6.03 Å². The Morgan fingerprint density at radius 3 is 2.48 bits per heavy atom. The van der Waals surface area contributed by atoms with Crippen molar-refractivity contribution in [1.29, 1.82) is 0 Å². The molecule has 0 unspecified atom stereocenters. The maximum Gasteiger partial charge on any atom is 0.325 e. The average Bonchev–Trinajstić information content (AvgIpc) is 3.17. The first-order valence-corrected chi connectivity index (χ1v) is 10.0. The number of nitrogens with one attached hydrogen (secondary N) is 1. The first kappa shape index (κ1) is 18.2. The van der Waals surface area contributed by atoms with Gasteiger partial charge in [-0.1, -0.05) is 32.1 Å². The number of rotatable bonds is 6. The number of nitrogens with zero attached hydrogens (tertiary/aromatic N) is 2. The molecule has 2 saturated carbocycles. The molecule has 0 atom stereocenters. The summed E-state index contributed by atoms with van der Waals surface area (Å²) < 4.78 is 0. The van der Waals surface area contributed by atoms with Gasteiger partial charge in [-0.25, -0.2) is 4.79 Å². The van der Waals surface area contributed by atoms with Crippen LogP contribution in [0.4, 0.5) is 4.79 Å². The number of hydrogen-bond donors (Lipinski definition) is 1. The van der Waals surface area contributed by atoms with E-state index in [9.17, 15) is 14.4 Å². The van der Waals surface area contributed by atoms with E-state index in [4.69, 9.17) is 0 Å². The summed E-state index contributed by atoms with van der Waals surface area (Å²) in [7, 11) is 0. The van der Waals surface area contributed by atoms with Crippen molar-refractivity contribution >= 4 is 17.8 Å². The second-order valence-corrected chi connectivity index (χ2v) is 7.75. The number of carbonyl (C=O) groups excluding carboxylic acids is 3. The van der Waals surface area contributed by atoms with E-state index in [1.165, 1.54) is 24.2 Å². The van der Waals surface area contributed by atoms with Crippen LogP contribution < -0.4 is 5.32 Å². The van der Waals surface area contributed by atoms with Crippen molar-refractivity contribution in [2.24, 2.45) is 0 Å². The van der Waals surface area contributed by atoms with Crippen molar-refractivity contribution in [3.63, 3.8) is 0 Å². The minimum absolute atomic E-state index is 0.0814. The third-order valence-corrected chi connectivity index (χ3v) is 6.15. The summed E-state index contributed by atoms with van der Waals surface area (Å²) >= 11 is 0. The zero-order valence-corrected chi connectivity index (χ0v) is 15.4. The van der Waals surface area contributed by atoms with Gasteiger partial charge in [-0.05, 0) is 39.0 Å². The molecule has 1 N–H and O–H groups in total. The molecule has 3 rings (SSSR count). The highest BCUT2D eigenvalue weighted by atomic mass is 16.2. The van der Waals surface area contributed by atoms with Gasteiger partial charge < -0.3 is 10.2 Å². The van der Waals surface area contributed by atoms with Crippen LogP contribution in [0.1, 0.15) is 77.6 Å². The zero-order valence-electron chi connectivity index (χ0n) is 15.4. The van der Waals surface area contributed by atoms with Crippen LogP contribution in [-0.4, -0.2) is 52.3 Å². The lowest BCUT2D eigenvalue weighted by molar-refractivity contribution is -0.135. The predicted octanol–water partition coefficient (Wildman–Crippen LogP) is 2.81. The number of amides is 4. The first-order valence-electron chi connectivity index (χ1n) is 10.0. The molecule has 0 aromatic heterocycles. The summed E-state index contributed by atoms with van der Waals surface area (Å²) in [4.78, 5) is 40.7. The van der Waals surface area contributed by atoms with Crippen LogP contribution in [0.3, 0.4) is 0 Å². The highest BCUT2D eigenvalue weighted by Gasteiger charge is 2.52. The fourth-order valence-electron chi connectivity index (χ4n) is 4.76. The molecule has 0 aromatic carbocycles. The molecule has 25 heavy (non-hydrogen) atoms. The average molecular weight is 349 g/mol. The Labute approximate surface area is 150 Å². The Morgan fingerprint density at radius 2 is 1.84 bits per heavy atom. The Morgan fingerprint density at radius 1 is 1.16 bits per heavy atom. The molecule has 2 aliphatic carbocycles. The Hall–Kier alpha value is -1.59. The van der Waals surface area contributed by atoms with Gasteiger partial charge in [0.25, 0.3) is 5.91 Å². The van der Waals surface area contributed by atoms with Gasteiger partial charge in [-0.3, -0.25) is 14.5 Å². The zero-order chi connectivity index (χ0) is 17.9. The van der Waals surface area contributed by atoms with Crippen molar-refractivity contribution in [3.05, 3.63) is 0 Å². The van der Waals surface area contributed by atoms with Gasteiger partial charge in [0.1, 0.15) is 5.54 Å². The van der Waals surface area contributed by atoms with Crippen molar-refractivity contribution in [2.45, 2.75) is 89.1 Å². The molecule has 1 saturated heterocycles. The molecule has 6 heteroatoms. The molecule has 1 aliphatic heterocycles. The van der Waals surface area contributed by atoms with Gasteiger partial charge in [0, 0.05) is 25.6 Å². The molecule has 4 amide bonds. The number of urea groups is 1. The van der Waals surface area contributed by atoms with E-state index in [2.05, 4.69) is 5.32 Å². The van der Waals surface area contributed by atoms with E-state index < -0.39 is 5.54 Å². The molecule has 1 heterocycles. The minimum Gasteiger partial charge on any atom is -0.340 e. The molecule has 0 radical (unpaired) electrons. The van der Waals surface area contributed by atoms with Crippen molar-refractivity contribution in [2.75, 3.05) is 13.1 Å². The second kappa shape index (κ2) is 7.75. The SMILES string of the molecule is CCN(C(=O)CCCN1C(=O)NC2(CCCC2)C1=O)C1CCCCC1. The fourth-order valence-corrected chi connectivity index (χ4v) is 4.76. The van der Waals surface area contributed by atoms with Crippen LogP contribution >= 0.6 is 0 Å². The van der Waals surface area contributed by atoms with Crippen LogP contribution in [0, 0.1) is 0 Å². The summed E-state index contributed by atoms with van der Waals surface area (Å²) in [5.41, 5.74) is -0.640. The smallest absolute Gasteiger partial charge is 0.325 e. The molecule has 140 valence electrons. The third kappa shape index (κ3) is 3.67. The largest absolute Gasteiger partial charge is 0.340 e. The van der Waals surface area contributed by atoms with E-state index >= 15 is 0 Å². The summed E-state index contributed by atoms with van der Waals surface area (Å²) in [6, 6.07) is 0.101. The van der Waals surface area contributed by atoms with Gasteiger partial charge in [-0.15, -0.1) is 0 Å². The summed E-state index contributed by atoms with van der Waals surface area (Å²) in [5, 5.41) is 2.89. The summed E-state index contributed by atoms with van der Waals surface area (Å²) in [5.74, 6) is 0.0825. The third-order valence-electron chi connectivity index (χ3n) is 6.15. The molecule has 6 nitrogen and oxygen atoms in total. The maximum atomic E-state index is 12.6. The molecule has 1 spiro atoms.